The number of benzene rings is 3. The first kappa shape index (κ1) is 20.1. The third-order valence-electron chi connectivity index (χ3n) is 3.97. The fraction of sp³-hybridized carbons (Fsp3) is 0.0455. The summed E-state index contributed by atoms with van der Waals surface area (Å²) in [6.45, 7) is 0.478. The maximum absolute atomic E-state index is 12.1. The Bertz CT molecular complexity index is 1030. The van der Waals surface area contributed by atoms with E-state index in [4.69, 9.17) is 16.3 Å². The molecular weight excluding hydrogens is 392 g/mol. The maximum Gasteiger partial charge on any atom is 0.289 e. The lowest BCUT2D eigenvalue weighted by Gasteiger charge is -2.06. The van der Waals surface area contributed by atoms with E-state index in [-0.39, 0.29) is 10.7 Å². The van der Waals surface area contributed by atoms with Crippen molar-refractivity contribution in [3.8, 4) is 5.75 Å². The Hall–Kier alpha value is -3.64. The number of carbonyl (C=O) groups is 1. The van der Waals surface area contributed by atoms with Crippen LogP contribution in [-0.4, -0.2) is 10.8 Å². The first-order valence-corrected chi connectivity index (χ1v) is 9.09. The monoisotopic (exact) mass is 408 g/mol. The van der Waals surface area contributed by atoms with Crippen LogP contribution in [0, 0.1) is 10.1 Å². The quantitative estimate of drug-likeness (QED) is 0.319. The van der Waals surface area contributed by atoms with Crippen LogP contribution in [-0.2, 0) is 11.4 Å². The van der Waals surface area contributed by atoms with Crippen LogP contribution in [0.4, 0.5) is 11.4 Å². The SMILES string of the molecule is O=C(C=Cc1ccc(OCc2ccccc2)cc1)Nc1ccc(Cl)c([N+](=O)[O-])c1. The third-order valence-corrected chi connectivity index (χ3v) is 4.29. The van der Waals surface area contributed by atoms with Crippen LogP contribution in [0.1, 0.15) is 11.1 Å². The Kier molecular flexibility index (Phi) is 6.60. The molecule has 1 amide bonds. The van der Waals surface area contributed by atoms with Gasteiger partial charge in [0, 0.05) is 17.8 Å². The average Bonchev–Trinajstić information content (AvgIpc) is 2.73. The maximum atomic E-state index is 12.1. The van der Waals surface area contributed by atoms with Crippen molar-refractivity contribution in [1.29, 1.82) is 0 Å². The van der Waals surface area contributed by atoms with Gasteiger partial charge in [0.2, 0.25) is 5.91 Å². The molecule has 0 radical (unpaired) electrons. The summed E-state index contributed by atoms with van der Waals surface area (Å²) in [5.74, 6) is 0.315. The highest BCUT2D eigenvalue weighted by Crippen LogP contribution is 2.27. The Morgan fingerprint density at radius 3 is 2.48 bits per heavy atom. The van der Waals surface area contributed by atoms with E-state index in [1.807, 2.05) is 54.6 Å². The van der Waals surface area contributed by atoms with E-state index >= 15 is 0 Å². The highest BCUT2D eigenvalue weighted by atomic mass is 35.5. The molecule has 0 aliphatic rings. The molecule has 0 heterocycles. The molecule has 1 N–H and O–H groups in total. The van der Waals surface area contributed by atoms with Crippen LogP contribution in [0.5, 0.6) is 5.75 Å². The van der Waals surface area contributed by atoms with Crippen molar-refractivity contribution >= 4 is 35.0 Å². The summed E-state index contributed by atoms with van der Waals surface area (Å²) in [6, 6.07) is 21.2. The number of nitrogens with zero attached hydrogens (tertiary/aromatic N) is 1. The molecule has 0 saturated carbocycles. The molecule has 146 valence electrons. The lowest BCUT2D eigenvalue weighted by molar-refractivity contribution is -0.384. The standard InChI is InChI=1S/C22H17ClN2O4/c23-20-12-9-18(14-21(20)25(27)28)24-22(26)13-8-16-6-10-19(11-7-16)29-15-17-4-2-1-3-5-17/h1-14H,15H2,(H,24,26). The number of nitrogens with one attached hydrogen (secondary N) is 1. The predicted molar refractivity (Wildman–Crippen MR) is 113 cm³/mol. The second-order valence-electron chi connectivity index (χ2n) is 6.09. The van der Waals surface area contributed by atoms with Crippen LogP contribution in [0.15, 0.2) is 78.9 Å². The Balaban J connectivity index is 1.56. The van der Waals surface area contributed by atoms with Crippen molar-refractivity contribution < 1.29 is 14.5 Å². The summed E-state index contributed by atoms with van der Waals surface area (Å²) in [5, 5.41) is 13.5. The lowest BCUT2D eigenvalue weighted by atomic mass is 10.2. The molecule has 0 bridgehead atoms. The number of hydrogen-bond acceptors (Lipinski definition) is 4. The molecule has 0 unspecified atom stereocenters. The Morgan fingerprint density at radius 1 is 1.07 bits per heavy atom. The molecule has 3 aromatic rings. The average molecular weight is 409 g/mol. The second kappa shape index (κ2) is 9.52. The minimum Gasteiger partial charge on any atom is -0.489 e. The smallest absolute Gasteiger partial charge is 0.289 e. The molecule has 7 heteroatoms. The largest absolute Gasteiger partial charge is 0.489 e. The normalized spacial score (nSPS) is 10.7. The zero-order valence-electron chi connectivity index (χ0n) is 15.2. The molecule has 0 fully saturated rings. The highest BCUT2D eigenvalue weighted by molar-refractivity contribution is 6.32. The molecule has 3 rings (SSSR count). The molecule has 29 heavy (non-hydrogen) atoms. The van der Waals surface area contributed by atoms with Gasteiger partial charge < -0.3 is 10.1 Å². The van der Waals surface area contributed by atoms with E-state index < -0.39 is 10.8 Å². The van der Waals surface area contributed by atoms with E-state index in [9.17, 15) is 14.9 Å². The molecule has 0 saturated heterocycles. The molecule has 0 atom stereocenters. The number of halogens is 1. The zero-order chi connectivity index (χ0) is 20.6. The van der Waals surface area contributed by atoms with Crippen LogP contribution in [0.3, 0.4) is 0 Å². The molecule has 6 nitrogen and oxygen atoms in total. The van der Waals surface area contributed by atoms with Crippen LogP contribution in [0.2, 0.25) is 5.02 Å². The number of ether oxygens (including phenoxy) is 1. The van der Waals surface area contributed by atoms with Crippen molar-refractivity contribution in [2.24, 2.45) is 0 Å². The number of anilines is 1. The molecular formula is C22H17ClN2O4. The van der Waals surface area contributed by atoms with Gasteiger partial charge >= 0.3 is 0 Å². The Labute approximate surface area is 172 Å². The number of carbonyl (C=O) groups excluding carboxylic acids is 1. The summed E-state index contributed by atoms with van der Waals surface area (Å²) < 4.78 is 5.72. The summed E-state index contributed by atoms with van der Waals surface area (Å²) in [5.41, 5.74) is 1.92. The lowest BCUT2D eigenvalue weighted by Crippen LogP contribution is -2.08. The van der Waals surface area contributed by atoms with Crippen molar-refractivity contribution in [2.75, 3.05) is 5.32 Å². The van der Waals surface area contributed by atoms with Gasteiger partial charge in [-0.05, 0) is 41.5 Å². The zero-order valence-corrected chi connectivity index (χ0v) is 16.0. The number of nitro groups is 1. The van der Waals surface area contributed by atoms with Gasteiger partial charge in [-0.3, -0.25) is 14.9 Å². The van der Waals surface area contributed by atoms with Gasteiger partial charge in [-0.25, -0.2) is 0 Å². The molecule has 0 aliphatic carbocycles. The predicted octanol–water partition coefficient (Wildman–Crippen LogP) is 5.48. The topological polar surface area (TPSA) is 81.5 Å². The van der Waals surface area contributed by atoms with Crippen molar-refractivity contribution in [1.82, 2.24) is 0 Å². The molecule has 0 aliphatic heterocycles. The number of hydrogen-bond donors (Lipinski definition) is 1. The van der Waals surface area contributed by atoms with Crippen LogP contribution in [0.25, 0.3) is 6.08 Å². The Morgan fingerprint density at radius 2 is 1.79 bits per heavy atom. The van der Waals surface area contributed by atoms with Crippen molar-refractivity contribution in [3.05, 3.63) is 105 Å². The van der Waals surface area contributed by atoms with Gasteiger partial charge in [0.25, 0.3) is 5.69 Å². The molecule has 0 aromatic heterocycles. The van der Waals surface area contributed by atoms with Gasteiger partial charge in [-0.15, -0.1) is 0 Å². The minimum atomic E-state index is -0.602. The number of rotatable bonds is 7. The molecule has 0 spiro atoms. The summed E-state index contributed by atoms with van der Waals surface area (Å²) in [6.07, 6.45) is 2.99. The first-order valence-electron chi connectivity index (χ1n) is 8.71. The summed E-state index contributed by atoms with van der Waals surface area (Å²) in [4.78, 5) is 22.4. The van der Waals surface area contributed by atoms with E-state index in [0.29, 0.717) is 12.3 Å². The van der Waals surface area contributed by atoms with E-state index in [0.717, 1.165) is 16.9 Å². The van der Waals surface area contributed by atoms with Gasteiger partial charge in [0.05, 0.1) is 4.92 Å². The van der Waals surface area contributed by atoms with Gasteiger partial charge in [0.15, 0.2) is 0 Å². The summed E-state index contributed by atoms with van der Waals surface area (Å²) in [7, 11) is 0. The van der Waals surface area contributed by atoms with E-state index in [2.05, 4.69) is 5.32 Å². The van der Waals surface area contributed by atoms with Crippen molar-refractivity contribution in [3.63, 3.8) is 0 Å². The number of nitro benzene ring substituents is 1. The minimum absolute atomic E-state index is 0.0121. The second-order valence-corrected chi connectivity index (χ2v) is 6.50. The van der Waals surface area contributed by atoms with Gasteiger partial charge in [0.1, 0.15) is 17.4 Å². The van der Waals surface area contributed by atoms with E-state index in [1.165, 1.54) is 24.3 Å². The van der Waals surface area contributed by atoms with E-state index in [1.54, 1.807) is 6.08 Å². The van der Waals surface area contributed by atoms with Crippen molar-refractivity contribution in [2.45, 2.75) is 6.61 Å². The first-order chi connectivity index (χ1) is 14.0. The fourth-order valence-electron chi connectivity index (χ4n) is 2.50. The van der Waals surface area contributed by atoms with Gasteiger partial charge in [-0.1, -0.05) is 54.1 Å². The highest BCUT2D eigenvalue weighted by Gasteiger charge is 2.13. The van der Waals surface area contributed by atoms with Gasteiger partial charge in [-0.2, -0.15) is 0 Å². The van der Waals surface area contributed by atoms with Crippen LogP contribution >= 0.6 is 11.6 Å². The number of amides is 1. The van der Waals surface area contributed by atoms with Crippen LogP contribution < -0.4 is 10.1 Å². The summed E-state index contributed by atoms with van der Waals surface area (Å²) >= 11 is 5.76. The molecule has 3 aromatic carbocycles. The fourth-order valence-corrected chi connectivity index (χ4v) is 2.69. The third kappa shape index (κ3) is 5.92.